The zero-order valence-electron chi connectivity index (χ0n) is 16.7. The van der Waals surface area contributed by atoms with Crippen LogP contribution in [0.4, 0.5) is 4.79 Å². The highest BCUT2D eigenvalue weighted by atomic mass is 35.5. The van der Waals surface area contributed by atoms with E-state index in [0.29, 0.717) is 19.0 Å². The first-order chi connectivity index (χ1) is 12.8. The van der Waals surface area contributed by atoms with Crippen molar-refractivity contribution in [2.75, 3.05) is 26.7 Å². The van der Waals surface area contributed by atoms with E-state index in [4.69, 9.17) is 16.3 Å². The topological polar surface area (TPSA) is 66.0 Å². The van der Waals surface area contributed by atoms with Gasteiger partial charge in [0, 0.05) is 38.2 Å². The van der Waals surface area contributed by atoms with Crippen LogP contribution >= 0.6 is 11.6 Å². The number of amides is 1. The fourth-order valence-electron chi connectivity index (χ4n) is 3.01. The van der Waals surface area contributed by atoms with Crippen molar-refractivity contribution in [2.24, 2.45) is 10.9 Å². The number of benzene rings is 1. The van der Waals surface area contributed by atoms with Crippen LogP contribution in [0.2, 0.25) is 5.02 Å². The maximum absolute atomic E-state index is 12.3. The molecule has 1 aromatic carbocycles. The van der Waals surface area contributed by atoms with Crippen LogP contribution in [0.3, 0.4) is 0 Å². The second-order valence-electron chi connectivity index (χ2n) is 7.83. The molecule has 150 valence electrons. The second kappa shape index (κ2) is 9.83. The number of halogens is 1. The summed E-state index contributed by atoms with van der Waals surface area (Å²) in [5.41, 5.74) is 0.559. The maximum Gasteiger partial charge on any atom is 0.410 e. The third-order valence-electron chi connectivity index (χ3n) is 4.36. The molecular weight excluding hydrogens is 364 g/mol. The summed E-state index contributed by atoms with van der Waals surface area (Å²) in [6.45, 7) is 8.48. The van der Waals surface area contributed by atoms with Gasteiger partial charge in [0.2, 0.25) is 0 Å². The minimum absolute atomic E-state index is 0.228. The molecule has 1 unspecified atom stereocenters. The van der Waals surface area contributed by atoms with Gasteiger partial charge in [0.25, 0.3) is 0 Å². The highest BCUT2D eigenvalue weighted by molar-refractivity contribution is 6.31. The summed E-state index contributed by atoms with van der Waals surface area (Å²) in [7, 11) is 1.75. The molecule has 1 aromatic rings. The lowest BCUT2D eigenvalue weighted by molar-refractivity contribution is 0.0168. The highest BCUT2D eigenvalue weighted by Crippen LogP contribution is 2.19. The molecule has 2 N–H and O–H groups in total. The van der Waals surface area contributed by atoms with Crippen molar-refractivity contribution >= 4 is 23.7 Å². The number of nitrogens with one attached hydrogen (secondary N) is 2. The third-order valence-corrected chi connectivity index (χ3v) is 4.73. The fraction of sp³-hybridized carbons (Fsp3) is 0.600. The standard InChI is InChI=1S/C20H31ClN4O2/c1-20(2,3)27-19(26)25-11-7-8-15(14-25)12-23-18(22-4)24-13-16-9-5-6-10-17(16)21/h5-6,9-10,15H,7-8,11-14H2,1-4H3,(H2,22,23,24). The number of likely N-dealkylation sites (tertiary alicyclic amines) is 1. The zero-order chi connectivity index (χ0) is 19.9. The lowest BCUT2D eigenvalue weighted by atomic mass is 9.98. The van der Waals surface area contributed by atoms with E-state index in [0.717, 1.165) is 42.5 Å². The Bertz CT molecular complexity index is 658. The van der Waals surface area contributed by atoms with Crippen LogP contribution < -0.4 is 10.6 Å². The molecule has 1 heterocycles. The summed E-state index contributed by atoms with van der Waals surface area (Å²) in [6, 6.07) is 7.75. The lowest BCUT2D eigenvalue weighted by Crippen LogP contribution is -2.47. The van der Waals surface area contributed by atoms with Crippen LogP contribution in [0.5, 0.6) is 0 Å². The molecule has 2 rings (SSSR count). The molecule has 6 nitrogen and oxygen atoms in total. The molecule has 1 aliphatic rings. The number of aliphatic imine (C=N–C) groups is 1. The van der Waals surface area contributed by atoms with Crippen molar-refractivity contribution in [3.8, 4) is 0 Å². The van der Waals surface area contributed by atoms with E-state index in [-0.39, 0.29) is 6.09 Å². The molecule has 1 saturated heterocycles. The van der Waals surface area contributed by atoms with Crippen molar-refractivity contribution in [3.05, 3.63) is 34.9 Å². The van der Waals surface area contributed by atoms with Crippen LogP contribution in [-0.2, 0) is 11.3 Å². The Hall–Kier alpha value is -1.95. The molecule has 0 saturated carbocycles. The van der Waals surface area contributed by atoms with Gasteiger partial charge in [0.05, 0.1) is 0 Å². The number of carbonyl (C=O) groups is 1. The monoisotopic (exact) mass is 394 g/mol. The first-order valence-electron chi connectivity index (χ1n) is 9.44. The van der Waals surface area contributed by atoms with E-state index >= 15 is 0 Å². The van der Waals surface area contributed by atoms with E-state index in [1.165, 1.54) is 0 Å². The predicted octanol–water partition coefficient (Wildman–Crippen LogP) is 3.65. The van der Waals surface area contributed by atoms with Crippen LogP contribution in [0.1, 0.15) is 39.2 Å². The summed E-state index contributed by atoms with van der Waals surface area (Å²) in [4.78, 5) is 18.4. The minimum atomic E-state index is -0.465. The maximum atomic E-state index is 12.3. The minimum Gasteiger partial charge on any atom is -0.444 e. The Labute approximate surface area is 167 Å². The SMILES string of the molecule is CN=C(NCc1ccccc1Cl)NCC1CCCN(C(=O)OC(C)(C)C)C1. The molecule has 0 bridgehead atoms. The lowest BCUT2D eigenvalue weighted by Gasteiger charge is -2.34. The van der Waals surface area contributed by atoms with Gasteiger partial charge in [-0.15, -0.1) is 0 Å². The Kier molecular flexibility index (Phi) is 7.78. The number of hydrogen-bond acceptors (Lipinski definition) is 3. The van der Waals surface area contributed by atoms with E-state index in [2.05, 4.69) is 15.6 Å². The predicted molar refractivity (Wildman–Crippen MR) is 110 cm³/mol. The third kappa shape index (κ3) is 7.29. The Morgan fingerprint density at radius 3 is 2.74 bits per heavy atom. The number of nitrogens with zero attached hydrogens (tertiary/aromatic N) is 2. The number of ether oxygens (including phenoxy) is 1. The van der Waals surface area contributed by atoms with Crippen LogP contribution in [0, 0.1) is 5.92 Å². The smallest absolute Gasteiger partial charge is 0.410 e. The van der Waals surface area contributed by atoms with Gasteiger partial charge in [-0.2, -0.15) is 0 Å². The van der Waals surface area contributed by atoms with Crippen molar-refractivity contribution in [1.82, 2.24) is 15.5 Å². The van der Waals surface area contributed by atoms with Gasteiger partial charge in [-0.3, -0.25) is 4.99 Å². The van der Waals surface area contributed by atoms with Gasteiger partial charge < -0.3 is 20.3 Å². The molecule has 0 aliphatic carbocycles. The summed E-state index contributed by atoms with van der Waals surface area (Å²) in [6.07, 6.45) is 1.83. The molecular formula is C20H31ClN4O2. The average Bonchev–Trinajstić information content (AvgIpc) is 2.62. The van der Waals surface area contributed by atoms with Gasteiger partial charge in [-0.05, 0) is 51.2 Å². The first kappa shape index (κ1) is 21.4. The van der Waals surface area contributed by atoms with Gasteiger partial charge in [0.1, 0.15) is 5.60 Å². The van der Waals surface area contributed by atoms with Gasteiger partial charge in [0.15, 0.2) is 5.96 Å². The van der Waals surface area contributed by atoms with Gasteiger partial charge in [-0.25, -0.2) is 4.79 Å². The summed E-state index contributed by atoms with van der Waals surface area (Å²) in [5.74, 6) is 1.09. The van der Waals surface area contributed by atoms with E-state index in [9.17, 15) is 4.79 Å². The molecule has 27 heavy (non-hydrogen) atoms. The molecule has 0 aromatic heterocycles. The zero-order valence-corrected chi connectivity index (χ0v) is 17.5. The highest BCUT2D eigenvalue weighted by Gasteiger charge is 2.27. The van der Waals surface area contributed by atoms with Gasteiger partial charge >= 0.3 is 6.09 Å². The Morgan fingerprint density at radius 1 is 1.33 bits per heavy atom. The molecule has 1 amide bonds. The number of rotatable bonds is 4. The van der Waals surface area contributed by atoms with E-state index in [1.54, 1.807) is 11.9 Å². The molecule has 0 spiro atoms. The molecule has 1 atom stereocenters. The fourth-order valence-corrected chi connectivity index (χ4v) is 3.21. The van der Waals surface area contributed by atoms with E-state index in [1.807, 2.05) is 45.0 Å². The molecule has 1 aliphatic heterocycles. The molecule has 7 heteroatoms. The van der Waals surface area contributed by atoms with Crippen molar-refractivity contribution in [2.45, 2.75) is 45.8 Å². The van der Waals surface area contributed by atoms with Crippen molar-refractivity contribution < 1.29 is 9.53 Å². The van der Waals surface area contributed by atoms with Crippen LogP contribution in [0.15, 0.2) is 29.3 Å². The first-order valence-corrected chi connectivity index (χ1v) is 9.82. The van der Waals surface area contributed by atoms with Gasteiger partial charge in [-0.1, -0.05) is 29.8 Å². The second-order valence-corrected chi connectivity index (χ2v) is 8.24. The Balaban J connectivity index is 1.80. The normalized spacial score (nSPS) is 18.2. The summed E-state index contributed by atoms with van der Waals surface area (Å²) >= 11 is 6.19. The number of guanidine groups is 1. The van der Waals surface area contributed by atoms with E-state index < -0.39 is 5.60 Å². The quantitative estimate of drug-likeness (QED) is 0.604. The summed E-state index contributed by atoms with van der Waals surface area (Å²) in [5, 5.41) is 7.37. The number of piperidine rings is 1. The molecule has 1 fully saturated rings. The van der Waals surface area contributed by atoms with Crippen LogP contribution in [-0.4, -0.2) is 49.2 Å². The van der Waals surface area contributed by atoms with Crippen LogP contribution in [0.25, 0.3) is 0 Å². The summed E-state index contributed by atoms with van der Waals surface area (Å²) < 4.78 is 5.49. The van der Waals surface area contributed by atoms with Crippen molar-refractivity contribution in [1.29, 1.82) is 0 Å². The number of hydrogen-bond donors (Lipinski definition) is 2. The Morgan fingerprint density at radius 2 is 2.07 bits per heavy atom. The average molecular weight is 395 g/mol. The number of carbonyl (C=O) groups excluding carboxylic acids is 1. The molecule has 0 radical (unpaired) electrons. The largest absolute Gasteiger partial charge is 0.444 e. The van der Waals surface area contributed by atoms with Crippen molar-refractivity contribution in [3.63, 3.8) is 0 Å².